The molecule has 6 heterocycles. The van der Waals surface area contributed by atoms with E-state index in [9.17, 15) is 14.7 Å². The van der Waals surface area contributed by atoms with E-state index >= 15 is 0 Å². The van der Waals surface area contributed by atoms with E-state index in [2.05, 4.69) is 15.3 Å². The Hall–Kier alpha value is -2.66. The molecule has 0 aromatic carbocycles. The molecule has 2 bridgehead atoms. The van der Waals surface area contributed by atoms with Crippen LogP contribution in [-0.2, 0) is 19.9 Å². The number of piperidine rings is 3. The number of carbonyl (C=O) groups excluding carboxylic acids is 2. The number of rotatable bonds is 7. The molecule has 3 aromatic heterocycles. The highest BCUT2D eigenvalue weighted by Crippen LogP contribution is 2.39. The number of fused-ring (bicyclic) bond motifs is 3. The highest BCUT2D eigenvalue weighted by molar-refractivity contribution is 7.08. The van der Waals surface area contributed by atoms with E-state index in [-0.39, 0.29) is 24.5 Å². The molecule has 0 radical (unpaired) electrons. The van der Waals surface area contributed by atoms with Gasteiger partial charge in [0.1, 0.15) is 6.54 Å². The van der Waals surface area contributed by atoms with Gasteiger partial charge in [0, 0.05) is 42.3 Å². The summed E-state index contributed by atoms with van der Waals surface area (Å²) in [5, 5.41) is 21.6. The number of anilines is 1. The molecule has 1 amide bonds. The van der Waals surface area contributed by atoms with Crippen molar-refractivity contribution in [3.05, 3.63) is 63.4 Å². The first-order valence-electron chi connectivity index (χ1n) is 10.9. The average Bonchev–Trinajstić information content (AvgIpc) is 3.54. The summed E-state index contributed by atoms with van der Waals surface area (Å²) in [6.07, 6.45) is 6.02. The predicted octanol–water partition coefficient (Wildman–Crippen LogP) is 2.63. The van der Waals surface area contributed by atoms with Gasteiger partial charge in [-0.25, -0.2) is 9.78 Å². The van der Waals surface area contributed by atoms with Crippen LogP contribution in [0.5, 0.6) is 0 Å². The molecule has 0 spiro atoms. The number of ether oxygens (including phenoxy) is 1. The Balaban J connectivity index is 1.31. The minimum Gasteiger partial charge on any atom is -0.453 e. The van der Waals surface area contributed by atoms with Crippen molar-refractivity contribution in [1.29, 1.82) is 0 Å². The molecule has 0 aliphatic carbocycles. The Morgan fingerprint density at radius 3 is 2.42 bits per heavy atom. The van der Waals surface area contributed by atoms with Gasteiger partial charge in [0.25, 0.3) is 5.91 Å². The molecule has 1 atom stereocenters. The molecule has 8 nitrogen and oxygen atoms in total. The Morgan fingerprint density at radius 2 is 1.85 bits per heavy atom. The third-order valence-corrected chi connectivity index (χ3v) is 8.15. The van der Waals surface area contributed by atoms with Gasteiger partial charge in [-0.05, 0) is 33.7 Å². The van der Waals surface area contributed by atoms with Crippen LogP contribution in [0.25, 0.3) is 0 Å². The fourth-order valence-electron chi connectivity index (χ4n) is 4.99. The number of esters is 1. The van der Waals surface area contributed by atoms with Crippen molar-refractivity contribution in [3.63, 3.8) is 0 Å². The van der Waals surface area contributed by atoms with E-state index in [4.69, 9.17) is 4.74 Å². The van der Waals surface area contributed by atoms with Gasteiger partial charge in [-0.2, -0.15) is 22.7 Å². The molecule has 172 valence electrons. The van der Waals surface area contributed by atoms with E-state index in [0.29, 0.717) is 28.0 Å². The standard InChI is InChI=1S/C23H24N4O4S2/c28-21(26-20-11-24-5-6-25-20)13-27-7-1-16(2-8-27)19(12-27)31-22(29)23(30,17-3-9-32-14-17)18-4-10-33-15-18/h3-6,9-11,14-16,19,30H,1-2,7-8,12-13H2/p+1/t16?,19-,27?/m0/s1. The van der Waals surface area contributed by atoms with E-state index in [1.54, 1.807) is 29.1 Å². The molecule has 3 fully saturated rings. The molecule has 0 saturated carbocycles. The molecule has 33 heavy (non-hydrogen) atoms. The van der Waals surface area contributed by atoms with Crippen molar-refractivity contribution < 1.29 is 23.9 Å². The Kier molecular flexibility index (Phi) is 6.00. The number of carbonyl (C=O) groups is 2. The number of aromatic nitrogens is 2. The normalized spacial score (nSPS) is 24.4. The zero-order chi connectivity index (χ0) is 22.9. The molecule has 2 N–H and O–H groups in total. The van der Waals surface area contributed by atoms with Crippen molar-refractivity contribution in [2.24, 2.45) is 5.92 Å². The number of nitrogens with one attached hydrogen (secondary N) is 1. The molecule has 6 rings (SSSR count). The summed E-state index contributed by atoms with van der Waals surface area (Å²) >= 11 is 2.85. The van der Waals surface area contributed by atoms with Gasteiger partial charge >= 0.3 is 5.97 Å². The molecular weight excluding hydrogens is 460 g/mol. The van der Waals surface area contributed by atoms with Crippen LogP contribution in [0.4, 0.5) is 5.82 Å². The quantitative estimate of drug-likeness (QED) is 0.394. The Morgan fingerprint density at radius 1 is 1.15 bits per heavy atom. The maximum Gasteiger partial charge on any atom is 0.348 e. The van der Waals surface area contributed by atoms with Crippen molar-refractivity contribution in [2.75, 3.05) is 31.5 Å². The second kappa shape index (κ2) is 8.94. The van der Waals surface area contributed by atoms with Gasteiger partial charge in [0.15, 0.2) is 18.5 Å². The van der Waals surface area contributed by atoms with E-state index < -0.39 is 11.6 Å². The summed E-state index contributed by atoms with van der Waals surface area (Å²) in [6, 6.07) is 3.51. The maximum absolute atomic E-state index is 13.4. The van der Waals surface area contributed by atoms with Crippen molar-refractivity contribution in [1.82, 2.24) is 9.97 Å². The molecule has 3 saturated heterocycles. The van der Waals surface area contributed by atoms with Gasteiger partial charge in [-0.3, -0.25) is 9.78 Å². The lowest BCUT2D eigenvalue weighted by Gasteiger charge is -2.51. The minimum atomic E-state index is -1.83. The SMILES string of the molecule is O=C(C[N+]12CCC(CC1)[C@@H](OC(=O)C(O)(c1ccsc1)c1ccsc1)C2)Nc1cnccn1. The van der Waals surface area contributed by atoms with Crippen LogP contribution in [0.1, 0.15) is 24.0 Å². The van der Waals surface area contributed by atoms with Gasteiger partial charge in [-0.15, -0.1) is 0 Å². The summed E-state index contributed by atoms with van der Waals surface area (Å²) < 4.78 is 6.58. The zero-order valence-electron chi connectivity index (χ0n) is 17.9. The summed E-state index contributed by atoms with van der Waals surface area (Å²) in [5.74, 6) is -0.118. The van der Waals surface area contributed by atoms with Gasteiger partial charge in [0.2, 0.25) is 5.60 Å². The first-order chi connectivity index (χ1) is 16.0. The third kappa shape index (κ3) is 4.31. The first-order valence-corrected chi connectivity index (χ1v) is 12.8. The van der Waals surface area contributed by atoms with Crippen LogP contribution < -0.4 is 5.32 Å². The molecule has 0 unspecified atom stereocenters. The van der Waals surface area contributed by atoms with Gasteiger partial charge in [-0.1, -0.05) is 0 Å². The highest BCUT2D eigenvalue weighted by Gasteiger charge is 2.51. The summed E-state index contributed by atoms with van der Waals surface area (Å²) in [6.45, 7) is 2.59. The third-order valence-electron chi connectivity index (χ3n) is 6.78. The Labute approximate surface area is 199 Å². The van der Waals surface area contributed by atoms with Crippen LogP contribution in [0.2, 0.25) is 0 Å². The van der Waals surface area contributed by atoms with Gasteiger partial charge < -0.3 is 19.6 Å². The molecular formula is C23H25N4O4S2+. The lowest BCUT2D eigenvalue weighted by molar-refractivity contribution is -0.939. The highest BCUT2D eigenvalue weighted by atomic mass is 32.1. The minimum absolute atomic E-state index is 0.131. The summed E-state index contributed by atoms with van der Waals surface area (Å²) in [5.41, 5.74) is -0.797. The number of amides is 1. The number of nitrogens with zero attached hydrogens (tertiary/aromatic N) is 3. The van der Waals surface area contributed by atoms with E-state index in [0.717, 1.165) is 25.9 Å². The van der Waals surface area contributed by atoms with Gasteiger partial charge in [0.05, 0.1) is 19.3 Å². The van der Waals surface area contributed by atoms with Crippen LogP contribution in [0.3, 0.4) is 0 Å². The fraction of sp³-hybridized carbons (Fsp3) is 0.391. The smallest absolute Gasteiger partial charge is 0.348 e. The number of thiophene rings is 2. The largest absolute Gasteiger partial charge is 0.453 e. The zero-order valence-corrected chi connectivity index (χ0v) is 19.6. The van der Waals surface area contributed by atoms with Crippen molar-refractivity contribution >= 4 is 40.4 Å². The lowest BCUT2D eigenvalue weighted by Crippen LogP contribution is -2.66. The topological polar surface area (TPSA) is 101 Å². The van der Waals surface area contributed by atoms with Crippen LogP contribution in [0, 0.1) is 5.92 Å². The summed E-state index contributed by atoms with van der Waals surface area (Å²) in [4.78, 5) is 34.2. The second-order valence-corrected chi connectivity index (χ2v) is 10.3. The van der Waals surface area contributed by atoms with E-state index in [1.807, 2.05) is 10.8 Å². The van der Waals surface area contributed by atoms with Crippen LogP contribution in [0.15, 0.2) is 52.2 Å². The van der Waals surface area contributed by atoms with Crippen molar-refractivity contribution in [3.8, 4) is 0 Å². The molecule has 3 aromatic rings. The Bertz CT molecular complexity index is 1060. The molecule has 10 heteroatoms. The molecule has 3 aliphatic heterocycles. The van der Waals surface area contributed by atoms with Crippen LogP contribution >= 0.6 is 22.7 Å². The fourth-order valence-corrected chi connectivity index (χ4v) is 6.39. The summed E-state index contributed by atoms with van der Waals surface area (Å²) in [7, 11) is 0. The maximum atomic E-state index is 13.4. The lowest BCUT2D eigenvalue weighted by atomic mass is 9.82. The second-order valence-electron chi connectivity index (χ2n) is 8.78. The monoisotopic (exact) mass is 485 g/mol. The van der Waals surface area contributed by atoms with E-state index in [1.165, 1.54) is 35.1 Å². The first kappa shape index (κ1) is 22.1. The number of aliphatic hydroxyl groups is 1. The number of hydrogen-bond donors (Lipinski definition) is 2. The molecule has 3 aliphatic rings. The predicted molar refractivity (Wildman–Crippen MR) is 125 cm³/mol. The van der Waals surface area contributed by atoms with Crippen molar-refractivity contribution in [2.45, 2.75) is 24.5 Å². The van der Waals surface area contributed by atoms with Crippen LogP contribution in [-0.4, -0.2) is 63.7 Å². The average molecular weight is 486 g/mol. The number of hydrogen-bond acceptors (Lipinski definition) is 8. The number of quaternary nitrogens is 1.